The first kappa shape index (κ1) is 19.5. The zero-order valence-corrected chi connectivity index (χ0v) is 15.0. The summed E-state index contributed by atoms with van der Waals surface area (Å²) >= 11 is 1.44. The molecule has 1 atom stereocenters. The van der Waals surface area contributed by atoms with Crippen molar-refractivity contribution >= 4 is 29.1 Å². The number of hydrogen-bond donors (Lipinski definition) is 3. The number of ether oxygens (including phenoxy) is 1. The van der Waals surface area contributed by atoms with Gasteiger partial charge in [0.1, 0.15) is 5.75 Å². The van der Waals surface area contributed by atoms with Gasteiger partial charge in [0.05, 0.1) is 6.04 Å². The van der Waals surface area contributed by atoms with Crippen LogP contribution in [0.25, 0.3) is 0 Å². The van der Waals surface area contributed by atoms with Crippen LogP contribution in [0.2, 0.25) is 0 Å². The Hall–Kier alpha value is -2.87. The number of carboxylic acid groups (broad SMARTS) is 1. The fourth-order valence-corrected chi connectivity index (χ4v) is 2.82. The van der Waals surface area contributed by atoms with Crippen LogP contribution in [-0.2, 0) is 9.59 Å². The first-order chi connectivity index (χ1) is 12.5. The standard InChI is InChI=1S/C18H20N2O5S/c1-12(13-2-4-15(5-3-13)25-10-17(22)23)20-16(21)6-8-19-18(24)14-7-9-26-11-14/h2-5,7,9,11-12H,6,8,10H2,1H3,(H,19,24)(H,20,21)(H,22,23). The summed E-state index contributed by atoms with van der Waals surface area (Å²) in [4.78, 5) is 34.2. The van der Waals surface area contributed by atoms with Crippen LogP contribution in [0.4, 0.5) is 0 Å². The van der Waals surface area contributed by atoms with Crippen LogP contribution < -0.4 is 15.4 Å². The molecule has 8 heteroatoms. The molecule has 7 nitrogen and oxygen atoms in total. The molecule has 0 saturated heterocycles. The molecular weight excluding hydrogens is 356 g/mol. The summed E-state index contributed by atoms with van der Waals surface area (Å²) < 4.78 is 5.06. The van der Waals surface area contributed by atoms with Crippen LogP contribution in [0.5, 0.6) is 5.75 Å². The number of rotatable bonds is 9. The molecule has 0 saturated carbocycles. The third-order valence-electron chi connectivity index (χ3n) is 3.54. The Morgan fingerprint density at radius 3 is 2.54 bits per heavy atom. The van der Waals surface area contributed by atoms with Crippen molar-refractivity contribution in [2.24, 2.45) is 0 Å². The number of nitrogens with one attached hydrogen (secondary N) is 2. The van der Waals surface area contributed by atoms with Crippen LogP contribution in [0.15, 0.2) is 41.1 Å². The highest BCUT2D eigenvalue weighted by atomic mass is 32.1. The molecule has 0 aliphatic rings. The van der Waals surface area contributed by atoms with Crippen LogP contribution in [0, 0.1) is 0 Å². The maximum atomic E-state index is 12.0. The minimum absolute atomic E-state index is 0.172. The first-order valence-electron chi connectivity index (χ1n) is 8.00. The minimum Gasteiger partial charge on any atom is -0.482 e. The third kappa shape index (κ3) is 6.21. The van der Waals surface area contributed by atoms with Gasteiger partial charge < -0.3 is 20.5 Å². The van der Waals surface area contributed by atoms with Crippen LogP contribution in [0.1, 0.15) is 35.3 Å². The molecule has 0 fully saturated rings. The van der Waals surface area contributed by atoms with Gasteiger partial charge in [-0.2, -0.15) is 11.3 Å². The third-order valence-corrected chi connectivity index (χ3v) is 4.22. The molecule has 3 N–H and O–H groups in total. The van der Waals surface area contributed by atoms with E-state index in [1.165, 1.54) is 11.3 Å². The highest BCUT2D eigenvalue weighted by Gasteiger charge is 2.11. The number of thiophene rings is 1. The van der Waals surface area contributed by atoms with E-state index in [4.69, 9.17) is 9.84 Å². The number of hydrogen-bond acceptors (Lipinski definition) is 5. The van der Waals surface area contributed by atoms with Gasteiger partial charge in [-0.15, -0.1) is 0 Å². The van der Waals surface area contributed by atoms with E-state index in [-0.39, 0.29) is 30.8 Å². The van der Waals surface area contributed by atoms with E-state index in [0.717, 1.165) is 5.56 Å². The Morgan fingerprint density at radius 1 is 1.19 bits per heavy atom. The van der Waals surface area contributed by atoms with E-state index in [0.29, 0.717) is 11.3 Å². The van der Waals surface area contributed by atoms with Gasteiger partial charge >= 0.3 is 5.97 Å². The van der Waals surface area contributed by atoms with Crippen molar-refractivity contribution in [1.29, 1.82) is 0 Å². The number of carbonyl (C=O) groups excluding carboxylic acids is 2. The van der Waals surface area contributed by atoms with Gasteiger partial charge in [0, 0.05) is 23.9 Å². The lowest BCUT2D eigenvalue weighted by molar-refractivity contribution is -0.139. The minimum atomic E-state index is -1.04. The Kier molecular flexibility index (Phi) is 7.16. The zero-order chi connectivity index (χ0) is 18.9. The van der Waals surface area contributed by atoms with Crippen molar-refractivity contribution < 1.29 is 24.2 Å². The van der Waals surface area contributed by atoms with Crippen LogP contribution >= 0.6 is 11.3 Å². The van der Waals surface area contributed by atoms with Crippen LogP contribution in [0.3, 0.4) is 0 Å². The van der Waals surface area contributed by atoms with E-state index >= 15 is 0 Å². The van der Waals surface area contributed by atoms with Crippen molar-refractivity contribution in [1.82, 2.24) is 10.6 Å². The largest absolute Gasteiger partial charge is 0.482 e. The Bertz CT molecular complexity index is 743. The number of aliphatic carboxylic acids is 1. The average molecular weight is 376 g/mol. The maximum Gasteiger partial charge on any atom is 0.341 e. The summed E-state index contributed by atoms with van der Waals surface area (Å²) in [6.45, 7) is 1.70. The van der Waals surface area contributed by atoms with Gasteiger partial charge in [-0.3, -0.25) is 9.59 Å². The van der Waals surface area contributed by atoms with Gasteiger partial charge in [0.2, 0.25) is 5.91 Å². The highest BCUT2D eigenvalue weighted by molar-refractivity contribution is 7.08. The molecule has 2 amide bonds. The molecule has 2 rings (SSSR count). The Morgan fingerprint density at radius 2 is 1.92 bits per heavy atom. The van der Waals surface area contributed by atoms with Gasteiger partial charge in [-0.05, 0) is 36.1 Å². The lowest BCUT2D eigenvalue weighted by Gasteiger charge is -2.15. The van der Waals surface area contributed by atoms with E-state index < -0.39 is 12.6 Å². The molecule has 0 spiro atoms. The van der Waals surface area contributed by atoms with E-state index in [1.54, 1.807) is 35.7 Å². The number of carbonyl (C=O) groups is 3. The second kappa shape index (κ2) is 9.57. The molecule has 2 aromatic rings. The fourth-order valence-electron chi connectivity index (χ4n) is 2.18. The van der Waals surface area contributed by atoms with Gasteiger partial charge in [0.25, 0.3) is 5.91 Å². The molecule has 1 unspecified atom stereocenters. The summed E-state index contributed by atoms with van der Waals surface area (Å²) in [5.41, 5.74) is 1.46. The van der Waals surface area contributed by atoms with Crippen molar-refractivity contribution in [3.63, 3.8) is 0 Å². The Labute approximate surface area is 155 Å². The summed E-state index contributed by atoms with van der Waals surface area (Å²) in [7, 11) is 0. The van der Waals surface area contributed by atoms with Crippen molar-refractivity contribution in [2.45, 2.75) is 19.4 Å². The second-order valence-corrected chi connectivity index (χ2v) is 6.34. The first-order valence-corrected chi connectivity index (χ1v) is 8.94. The molecule has 0 bridgehead atoms. The smallest absolute Gasteiger partial charge is 0.341 e. The topological polar surface area (TPSA) is 105 Å². The number of amides is 2. The van der Waals surface area contributed by atoms with Crippen molar-refractivity contribution in [3.05, 3.63) is 52.2 Å². The molecule has 0 aliphatic carbocycles. The average Bonchev–Trinajstić information content (AvgIpc) is 3.15. The molecule has 0 radical (unpaired) electrons. The summed E-state index contributed by atoms with van der Waals surface area (Å²) in [6, 6.07) is 8.35. The van der Waals surface area contributed by atoms with E-state index in [2.05, 4.69) is 10.6 Å². The van der Waals surface area contributed by atoms with E-state index in [1.807, 2.05) is 12.3 Å². The number of carboxylic acids is 1. The van der Waals surface area contributed by atoms with Crippen LogP contribution in [-0.4, -0.2) is 36.0 Å². The Balaban J connectivity index is 1.74. The maximum absolute atomic E-state index is 12.0. The molecule has 1 aromatic carbocycles. The van der Waals surface area contributed by atoms with Gasteiger partial charge in [-0.1, -0.05) is 12.1 Å². The van der Waals surface area contributed by atoms with E-state index in [9.17, 15) is 14.4 Å². The SMILES string of the molecule is CC(NC(=O)CCNC(=O)c1ccsc1)c1ccc(OCC(=O)O)cc1. The fraction of sp³-hybridized carbons (Fsp3) is 0.278. The molecule has 1 heterocycles. The molecule has 1 aromatic heterocycles. The number of benzene rings is 1. The quantitative estimate of drug-likeness (QED) is 0.622. The summed E-state index contributed by atoms with van der Waals surface area (Å²) in [6.07, 6.45) is 0.181. The second-order valence-electron chi connectivity index (χ2n) is 5.56. The van der Waals surface area contributed by atoms with Crippen molar-refractivity contribution in [2.75, 3.05) is 13.2 Å². The molecule has 26 heavy (non-hydrogen) atoms. The summed E-state index contributed by atoms with van der Waals surface area (Å²) in [5, 5.41) is 17.7. The predicted molar refractivity (Wildman–Crippen MR) is 97.4 cm³/mol. The lowest BCUT2D eigenvalue weighted by Crippen LogP contribution is -2.31. The molecular formula is C18H20N2O5S. The normalized spacial score (nSPS) is 11.4. The lowest BCUT2D eigenvalue weighted by atomic mass is 10.1. The summed E-state index contributed by atoms with van der Waals surface area (Å²) in [5.74, 6) is -0.954. The predicted octanol–water partition coefficient (Wildman–Crippen LogP) is 2.21. The van der Waals surface area contributed by atoms with Gasteiger partial charge in [-0.25, -0.2) is 4.79 Å². The molecule has 0 aliphatic heterocycles. The monoisotopic (exact) mass is 376 g/mol. The van der Waals surface area contributed by atoms with Gasteiger partial charge in [0.15, 0.2) is 6.61 Å². The highest BCUT2D eigenvalue weighted by Crippen LogP contribution is 2.17. The van der Waals surface area contributed by atoms with Crippen molar-refractivity contribution in [3.8, 4) is 5.75 Å². The molecule has 138 valence electrons. The zero-order valence-electron chi connectivity index (χ0n) is 14.2.